The quantitative estimate of drug-likeness (QED) is 0.434. The summed E-state index contributed by atoms with van der Waals surface area (Å²) in [7, 11) is -3.75. The summed E-state index contributed by atoms with van der Waals surface area (Å²) in [6.07, 6.45) is 2.51. The standard InChI is InChI=1S/C17H24N4O4S2/c1-3-12-25-14-10-6-5-8-13(14)9-7-11-18-27(23,24)17-21-20-16(26-17)19-15(22)4-2/h5-6,8,10,18H,3-4,7,9,11-12H2,1-2H3,(H,19,20,22). The third-order valence-electron chi connectivity index (χ3n) is 3.55. The van der Waals surface area contributed by atoms with E-state index in [-0.39, 0.29) is 28.3 Å². The zero-order chi connectivity index (χ0) is 19.7. The van der Waals surface area contributed by atoms with Gasteiger partial charge in [0.15, 0.2) is 0 Å². The molecule has 1 heterocycles. The van der Waals surface area contributed by atoms with Gasteiger partial charge in [-0.25, -0.2) is 13.1 Å². The average Bonchev–Trinajstić information content (AvgIpc) is 3.13. The summed E-state index contributed by atoms with van der Waals surface area (Å²) in [6, 6.07) is 7.75. The van der Waals surface area contributed by atoms with Gasteiger partial charge in [0.1, 0.15) is 5.75 Å². The lowest BCUT2D eigenvalue weighted by Gasteiger charge is -2.10. The third kappa shape index (κ3) is 6.56. The molecule has 0 bridgehead atoms. The number of nitrogens with zero attached hydrogens (tertiary/aromatic N) is 2. The number of benzene rings is 1. The molecule has 2 rings (SSSR count). The summed E-state index contributed by atoms with van der Waals surface area (Å²) >= 11 is 0.825. The van der Waals surface area contributed by atoms with E-state index in [1.165, 1.54) is 0 Å². The largest absolute Gasteiger partial charge is 0.493 e. The zero-order valence-electron chi connectivity index (χ0n) is 15.4. The fraction of sp³-hybridized carbons (Fsp3) is 0.471. The summed E-state index contributed by atoms with van der Waals surface area (Å²) in [5.74, 6) is 0.592. The Hall–Kier alpha value is -2.04. The minimum Gasteiger partial charge on any atom is -0.493 e. The van der Waals surface area contributed by atoms with Crippen LogP contribution < -0.4 is 14.8 Å². The molecule has 0 spiro atoms. The van der Waals surface area contributed by atoms with Crippen LogP contribution in [0.25, 0.3) is 0 Å². The number of hydrogen-bond acceptors (Lipinski definition) is 7. The van der Waals surface area contributed by atoms with Crippen LogP contribution in [0.1, 0.15) is 38.7 Å². The van der Waals surface area contributed by atoms with Gasteiger partial charge in [-0.2, -0.15) is 0 Å². The first kappa shape index (κ1) is 21.3. The minimum absolute atomic E-state index is 0.166. The number of amides is 1. The number of para-hydroxylation sites is 1. The fourth-order valence-corrected chi connectivity index (χ4v) is 4.22. The molecule has 1 aromatic carbocycles. The van der Waals surface area contributed by atoms with Crippen LogP contribution in [0.15, 0.2) is 28.6 Å². The number of carbonyl (C=O) groups excluding carboxylic acids is 1. The summed E-state index contributed by atoms with van der Waals surface area (Å²) in [5.41, 5.74) is 1.05. The lowest BCUT2D eigenvalue weighted by Crippen LogP contribution is -2.25. The van der Waals surface area contributed by atoms with E-state index in [1.807, 2.05) is 31.2 Å². The minimum atomic E-state index is -3.75. The molecule has 0 radical (unpaired) electrons. The molecule has 0 unspecified atom stereocenters. The molecule has 0 atom stereocenters. The zero-order valence-corrected chi connectivity index (χ0v) is 17.0. The highest BCUT2D eigenvalue weighted by atomic mass is 32.2. The SMILES string of the molecule is CCCOc1ccccc1CCCNS(=O)(=O)c1nnc(NC(=O)CC)s1. The van der Waals surface area contributed by atoms with Crippen molar-refractivity contribution in [3.63, 3.8) is 0 Å². The first-order valence-corrected chi connectivity index (χ1v) is 11.1. The van der Waals surface area contributed by atoms with E-state index in [2.05, 4.69) is 20.2 Å². The number of sulfonamides is 1. The Morgan fingerprint density at radius 2 is 2.00 bits per heavy atom. The molecule has 1 aromatic heterocycles. The Morgan fingerprint density at radius 1 is 1.22 bits per heavy atom. The van der Waals surface area contributed by atoms with Gasteiger partial charge in [-0.05, 0) is 30.9 Å². The van der Waals surface area contributed by atoms with Crippen molar-refractivity contribution in [2.45, 2.75) is 43.9 Å². The van der Waals surface area contributed by atoms with E-state index in [0.717, 1.165) is 29.1 Å². The predicted octanol–water partition coefficient (Wildman–Crippen LogP) is 2.59. The molecule has 0 saturated carbocycles. The summed E-state index contributed by atoms with van der Waals surface area (Å²) in [5, 5.41) is 10.00. The van der Waals surface area contributed by atoms with Crippen LogP contribution in [0, 0.1) is 0 Å². The normalized spacial score (nSPS) is 11.3. The Bertz CT molecular complexity index is 852. The Labute approximate surface area is 163 Å². The monoisotopic (exact) mass is 412 g/mol. The first-order chi connectivity index (χ1) is 13.0. The van der Waals surface area contributed by atoms with Gasteiger partial charge in [-0.15, -0.1) is 10.2 Å². The van der Waals surface area contributed by atoms with E-state index in [4.69, 9.17) is 4.74 Å². The highest BCUT2D eigenvalue weighted by molar-refractivity contribution is 7.91. The van der Waals surface area contributed by atoms with E-state index >= 15 is 0 Å². The van der Waals surface area contributed by atoms with Crippen molar-refractivity contribution in [3.8, 4) is 5.75 Å². The van der Waals surface area contributed by atoms with Crippen molar-refractivity contribution >= 4 is 32.4 Å². The van der Waals surface area contributed by atoms with Gasteiger partial charge >= 0.3 is 0 Å². The molecule has 2 N–H and O–H groups in total. The van der Waals surface area contributed by atoms with Crippen LogP contribution in [0.2, 0.25) is 0 Å². The number of carbonyl (C=O) groups is 1. The van der Waals surface area contributed by atoms with Crippen LogP contribution in [0.3, 0.4) is 0 Å². The van der Waals surface area contributed by atoms with Crippen LogP contribution in [0.4, 0.5) is 5.13 Å². The molecule has 1 amide bonds. The smallest absolute Gasteiger partial charge is 0.269 e. The molecular formula is C17H24N4O4S2. The third-order valence-corrected chi connectivity index (χ3v) is 6.22. The van der Waals surface area contributed by atoms with E-state index < -0.39 is 10.0 Å². The summed E-state index contributed by atoms with van der Waals surface area (Å²) < 4.78 is 32.6. The Kier molecular flexibility index (Phi) is 8.14. The molecule has 0 aliphatic carbocycles. The average molecular weight is 413 g/mol. The second kappa shape index (κ2) is 10.3. The number of ether oxygens (including phenoxy) is 1. The van der Waals surface area contributed by atoms with Crippen molar-refractivity contribution in [1.82, 2.24) is 14.9 Å². The van der Waals surface area contributed by atoms with Crippen LogP contribution in [0.5, 0.6) is 5.75 Å². The maximum Gasteiger partial charge on any atom is 0.269 e. The van der Waals surface area contributed by atoms with Crippen LogP contribution in [-0.2, 0) is 21.2 Å². The second-order valence-corrected chi connectivity index (χ2v) is 8.65. The Balaban J connectivity index is 1.87. The molecule has 0 aliphatic rings. The van der Waals surface area contributed by atoms with Gasteiger partial charge in [0.05, 0.1) is 6.61 Å². The maximum absolute atomic E-state index is 12.3. The number of hydrogen-bond donors (Lipinski definition) is 2. The predicted molar refractivity (Wildman–Crippen MR) is 105 cm³/mol. The maximum atomic E-state index is 12.3. The first-order valence-electron chi connectivity index (χ1n) is 8.80. The van der Waals surface area contributed by atoms with Crippen molar-refractivity contribution in [1.29, 1.82) is 0 Å². The van der Waals surface area contributed by atoms with Gasteiger partial charge < -0.3 is 10.1 Å². The van der Waals surface area contributed by atoms with Crippen molar-refractivity contribution in [2.75, 3.05) is 18.5 Å². The van der Waals surface area contributed by atoms with Crippen molar-refractivity contribution in [2.24, 2.45) is 0 Å². The molecule has 10 heteroatoms. The van der Waals surface area contributed by atoms with Gasteiger partial charge in [0.2, 0.25) is 15.4 Å². The van der Waals surface area contributed by atoms with Gasteiger partial charge in [-0.1, -0.05) is 43.4 Å². The van der Waals surface area contributed by atoms with Crippen LogP contribution >= 0.6 is 11.3 Å². The molecular weight excluding hydrogens is 388 g/mol. The van der Waals surface area contributed by atoms with E-state index in [0.29, 0.717) is 19.4 Å². The highest BCUT2D eigenvalue weighted by Gasteiger charge is 2.20. The number of aryl methyl sites for hydroxylation is 1. The number of aromatic nitrogens is 2. The van der Waals surface area contributed by atoms with Crippen LogP contribution in [-0.4, -0.2) is 37.7 Å². The molecule has 0 fully saturated rings. The summed E-state index contributed by atoms with van der Waals surface area (Å²) in [6.45, 7) is 4.66. The molecule has 148 valence electrons. The summed E-state index contributed by atoms with van der Waals surface area (Å²) in [4.78, 5) is 11.3. The molecule has 0 saturated heterocycles. The van der Waals surface area contributed by atoms with Crippen molar-refractivity contribution in [3.05, 3.63) is 29.8 Å². The van der Waals surface area contributed by atoms with Crippen molar-refractivity contribution < 1.29 is 17.9 Å². The van der Waals surface area contributed by atoms with E-state index in [9.17, 15) is 13.2 Å². The van der Waals surface area contributed by atoms with E-state index in [1.54, 1.807) is 6.92 Å². The number of rotatable bonds is 11. The van der Waals surface area contributed by atoms with Gasteiger partial charge in [0, 0.05) is 13.0 Å². The lowest BCUT2D eigenvalue weighted by molar-refractivity contribution is -0.115. The molecule has 8 nitrogen and oxygen atoms in total. The molecule has 27 heavy (non-hydrogen) atoms. The second-order valence-electron chi connectivity index (χ2n) is 5.73. The number of nitrogens with one attached hydrogen (secondary N) is 2. The highest BCUT2D eigenvalue weighted by Crippen LogP contribution is 2.21. The van der Waals surface area contributed by atoms with Gasteiger partial charge in [0.25, 0.3) is 10.0 Å². The lowest BCUT2D eigenvalue weighted by atomic mass is 10.1. The Morgan fingerprint density at radius 3 is 2.74 bits per heavy atom. The topological polar surface area (TPSA) is 110 Å². The number of anilines is 1. The molecule has 0 aliphatic heterocycles. The fourth-order valence-electron chi connectivity index (χ4n) is 2.19. The molecule has 2 aromatic rings. The van der Waals surface area contributed by atoms with Gasteiger partial charge in [-0.3, -0.25) is 4.79 Å².